The summed E-state index contributed by atoms with van der Waals surface area (Å²) in [5, 5.41) is 19.9. The highest BCUT2D eigenvalue weighted by Gasteiger charge is 2.13. The standard InChI is InChI=1S/C21H18O5/c1-26-19-8-6-16-11-15(5-7-17(16)18(19)12-21(24)25)14-4-2-3-13(9-14)10-20(22)23/h2-9,11H,10,12H2,1H3,(H,22,23)(H,24,25). The molecule has 0 saturated carbocycles. The maximum absolute atomic E-state index is 11.2. The Kier molecular flexibility index (Phi) is 4.89. The van der Waals surface area contributed by atoms with Crippen LogP contribution in [0.15, 0.2) is 54.6 Å². The van der Waals surface area contributed by atoms with Gasteiger partial charge in [-0.25, -0.2) is 0 Å². The number of hydrogen-bond donors (Lipinski definition) is 2. The second-order valence-electron chi connectivity index (χ2n) is 6.02. The molecule has 3 aromatic carbocycles. The van der Waals surface area contributed by atoms with Crippen molar-refractivity contribution < 1.29 is 24.5 Å². The largest absolute Gasteiger partial charge is 0.496 e. The number of aliphatic carboxylic acids is 2. The zero-order chi connectivity index (χ0) is 18.7. The molecule has 0 unspecified atom stereocenters. The molecule has 3 rings (SSSR count). The number of carboxylic acids is 2. The first kappa shape index (κ1) is 17.5. The van der Waals surface area contributed by atoms with Crippen LogP contribution in [0.25, 0.3) is 21.9 Å². The van der Waals surface area contributed by atoms with E-state index in [1.165, 1.54) is 7.11 Å². The van der Waals surface area contributed by atoms with E-state index < -0.39 is 11.9 Å². The van der Waals surface area contributed by atoms with E-state index in [4.69, 9.17) is 9.84 Å². The molecule has 3 aromatic rings. The lowest BCUT2D eigenvalue weighted by molar-refractivity contribution is -0.137. The summed E-state index contributed by atoms with van der Waals surface area (Å²) in [5.41, 5.74) is 3.23. The van der Waals surface area contributed by atoms with E-state index >= 15 is 0 Å². The minimum Gasteiger partial charge on any atom is -0.496 e. The summed E-state index contributed by atoms with van der Waals surface area (Å²) in [5.74, 6) is -1.23. The topological polar surface area (TPSA) is 83.8 Å². The molecule has 2 N–H and O–H groups in total. The molecule has 0 fully saturated rings. The monoisotopic (exact) mass is 350 g/mol. The van der Waals surface area contributed by atoms with Gasteiger partial charge in [0.2, 0.25) is 0 Å². The maximum Gasteiger partial charge on any atom is 0.307 e. The molecule has 5 nitrogen and oxygen atoms in total. The molecule has 0 aromatic heterocycles. The van der Waals surface area contributed by atoms with Gasteiger partial charge in [0.25, 0.3) is 0 Å². The van der Waals surface area contributed by atoms with Crippen LogP contribution in [0.4, 0.5) is 0 Å². The molecule has 0 radical (unpaired) electrons. The van der Waals surface area contributed by atoms with Gasteiger partial charge >= 0.3 is 11.9 Å². The summed E-state index contributed by atoms with van der Waals surface area (Å²) in [6, 6.07) is 16.8. The Balaban J connectivity index is 2.07. The second kappa shape index (κ2) is 7.27. The molecule has 0 spiro atoms. The SMILES string of the molecule is COc1ccc2cc(-c3cccc(CC(=O)O)c3)ccc2c1CC(=O)O. The molecule has 0 amide bonds. The highest BCUT2D eigenvalue weighted by atomic mass is 16.5. The number of benzene rings is 3. The lowest BCUT2D eigenvalue weighted by Gasteiger charge is -2.12. The van der Waals surface area contributed by atoms with Crippen LogP contribution in [-0.2, 0) is 22.4 Å². The molecule has 0 aliphatic heterocycles. The Morgan fingerprint density at radius 3 is 2.31 bits per heavy atom. The summed E-state index contributed by atoms with van der Waals surface area (Å²) < 4.78 is 5.30. The van der Waals surface area contributed by atoms with Crippen molar-refractivity contribution in [1.29, 1.82) is 0 Å². The Hall–Kier alpha value is -3.34. The Morgan fingerprint density at radius 1 is 0.885 bits per heavy atom. The van der Waals surface area contributed by atoms with Crippen molar-refractivity contribution in [2.75, 3.05) is 7.11 Å². The molecular weight excluding hydrogens is 332 g/mol. The molecule has 0 aliphatic rings. The van der Waals surface area contributed by atoms with E-state index in [9.17, 15) is 14.7 Å². The van der Waals surface area contributed by atoms with Crippen LogP contribution in [0.1, 0.15) is 11.1 Å². The average Bonchev–Trinajstić information content (AvgIpc) is 2.61. The lowest BCUT2D eigenvalue weighted by Crippen LogP contribution is -2.03. The van der Waals surface area contributed by atoms with Gasteiger partial charge in [-0.1, -0.05) is 42.5 Å². The first-order valence-corrected chi connectivity index (χ1v) is 8.10. The van der Waals surface area contributed by atoms with Crippen LogP contribution >= 0.6 is 0 Å². The van der Waals surface area contributed by atoms with E-state index in [0.717, 1.165) is 27.5 Å². The van der Waals surface area contributed by atoms with Crippen LogP contribution in [-0.4, -0.2) is 29.3 Å². The number of ether oxygens (including phenoxy) is 1. The highest BCUT2D eigenvalue weighted by molar-refractivity contribution is 5.93. The van der Waals surface area contributed by atoms with Crippen LogP contribution in [0, 0.1) is 0 Å². The summed E-state index contributed by atoms with van der Waals surface area (Å²) >= 11 is 0. The molecule has 0 aliphatic carbocycles. The first-order chi connectivity index (χ1) is 12.5. The van der Waals surface area contributed by atoms with Gasteiger partial charge < -0.3 is 14.9 Å². The number of fused-ring (bicyclic) bond motifs is 1. The van der Waals surface area contributed by atoms with Gasteiger partial charge in [-0.3, -0.25) is 9.59 Å². The summed E-state index contributed by atoms with van der Waals surface area (Å²) in [6.45, 7) is 0. The quantitative estimate of drug-likeness (QED) is 0.707. The molecule has 26 heavy (non-hydrogen) atoms. The van der Waals surface area contributed by atoms with Gasteiger partial charge in [-0.2, -0.15) is 0 Å². The zero-order valence-electron chi connectivity index (χ0n) is 14.2. The smallest absolute Gasteiger partial charge is 0.307 e. The molecule has 0 saturated heterocycles. The van der Waals surface area contributed by atoms with Crippen molar-refractivity contribution in [1.82, 2.24) is 0 Å². The first-order valence-electron chi connectivity index (χ1n) is 8.10. The fourth-order valence-corrected chi connectivity index (χ4v) is 3.11. The fourth-order valence-electron chi connectivity index (χ4n) is 3.11. The van der Waals surface area contributed by atoms with Crippen molar-refractivity contribution in [2.45, 2.75) is 12.8 Å². The third-order valence-corrected chi connectivity index (χ3v) is 4.25. The summed E-state index contributed by atoms with van der Waals surface area (Å²) in [7, 11) is 1.52. The Morgan fingerprint density at radius 2 is 1.62 bits per heavy atom. The van der Waals surface area contributed by atoms with E-state index in [1.807, 2.05) is 42.5 Å². The normalized spacial score (nSPS) is 10.7. The summed E-state index contributed by atoms with van der Waals surface area (Å²) in [6.07, 6.45) is -0.144. The number of rotatable bonds is 6. The molecule has 5 heteroatoms. The fraction of sp³-hybridized carbons (Fsp3) is 0.143. The van der Waals surface area contributed by atoms with Crippen molar-refractivity contribution in [2.24, 2.45) is 0 Å². The van der Waals surface area contributed by atoms with Crippen molar-refractivity contribution in [3.63, 3.8) is 0 Å². The van der Waals surface area contributed by atoms with E-state index in [0.29, 0.717) is 11.3 Å². The predicted octanol–water partition coefficient (Wildman–Crippen LogP) is 3.77. The van der Waals surface area contributed by atoms with Gasteiger partial charge in [0.1, 0.15) is 5.75 Å². The minimum absolute atomic E-state index is 0.0264. The molecular formula is C21H18O5. The summed E-state index contributed by atoms with van der Waals surface area (Å²) in [4.78, 5) is 22.1. The molecule has 132 valence electrons. The van der Waals surface area contributed by atoms with Gasteiger partial charge in [0, 0.05) is 5.56 Å². The Labute approximate surface area is 150 Å². The van der Waals surface area contributed by atoms with Crippen LogP contribution in [0.5, 0.6) is 5.75 Å². The zero-order valence-corrected chi connectivity index (χ0v) is 14.2. The third-order valence-electron chi connectivity index (χ3n) is 4.25. The second-order valence-corrected chi connectivity index (χ2v) is 6.02. The van der Waals surface area contributed by atoms with Crippen LogP contribution in [0.3, 0.4) is 0 Å². The van der Waals surface area contributed by atoms with Crippen molar-refractivity contribution in [3.8, 4) is 16.9 Å². The van der Waals surface area contributed by atoms with Gasteiger partial charge in [0.15, 0.2) is 0 Å². The van der Waals surface area contributed by atoms with Crippen molar-refractivity contribution >= 4 is 22.7 Å². The Bertz CT molecular complexity index is 991. The third kappa shape index (κ3) is 3.67. The van der Waals surface area contributed by atoms with E-state index in [1.54, 1.807) is 12.1 Å². The molecule has 0 heterocycles. The number of carboxylic acid groups (broad SMARTS) is 2. The number of methoxy groups -OCH3 is 1. The predicted molar refractivity (Wildman–Crippen MR) is 98.6 cm³/mol. The van der Waals surface area contributed by atoms with Gasteiger partial charge in [-0.15, -0.1) is 0 Å². The average molecular weight is 350 g/mol. The van der Waals surface area contributed by atoms with Gasteiger partial charge in [0.05, 0.1) is 20.0 Å². The van der Waals surface area contributed by atoms with Crippen LogP contribution < -0.4 is 4.74 Å². The van der Waals surface area contributed by atoms with E-state index in [2.05, 4.69) is 0 Å². The minimum atomic E-state index is -0.916. The maximum atomic E-state index is 11.2. The molecule has 0 atom stereocenters. The van der Waals surface area contributed by atoms with Crippen molar-refractivity contribution in [3.05, 3.63) is 65.7 Å². The van der Waals surface area contributed by atoms with Crippen LogP contribution in [0.2, 0.25) is 0 Å². The van der Waals surface area contributed by atoms with E-state index in [-0.39, 0.29) is 12.8 Å². The highest BCUT2D eigenvalue weighted by Crippen LogP contribution is 2.32. The lowest BCUT2D eigenvalue weighted by atomic mass is 9.95. The molecule has 0 bridgehead atoms. The number of hydrogen-bond acceptors (Lipinski definition) is 3. The number of carbonyl (C=O) groups is 2. The van der Waals surface area contributed by atoms with Gasteiger partial charge in [-0.05, 0) is 39.6 Å².